The van der Waals surface area contributed by atoms with Crippen molar-refractivity contribution < 1.29 is 9.85 Å². The smallest absolute Gasteiger partial charge is 0.108 e. The van der Waals surface area contributed by atoms with E-state index < -0.39 is 0 Å². The van der Waals surface area contributed by atoms with Crippen molar-refractivity contribution in [2.75, 3.05) is 20.6 Å². The highest BCUT2D eigenvalue weighted by molar-refractivity contribution is 4.47. The first-order valence-corrected chi connectivity index (χ1v) is 7.12. The van der Waals surface area contributed by atoms with Gasteiger partial charge in [-0.15, -0.1) is 0 Å². The van der Waals surface area contributed by atoms with E-state index in [0.717, 1.165) is 13.0 Å². The van der Waals surface area contributed by atoms with Gasteiger partial charge in [0.05, 0.1) is 14.1 Å². The first-order chi connectivity index (χ1) is 7.56. The molecule has 0 saturated heterocycles. The molecule has 0 amide bonds. The number of unbranched alkanes of at least 4 members (excludes halogenated alkanes) is 9. The van der Waals surface area contributed by atoms with Gasteiger partial charge in [0.25, 0.3) is 0 Å². The molecule has 0 radical (unpaired) electrons. The molecule has 0 fully saturated rings. The molecule has 0 aliphatic heterocycles. The summed E-state index contributed by atoms with van der Waals surface area (Å²) in [6, 6.07) is 0. The minimum atomic E-state index is 0.122. The first-order valence-electron chi connectivity index (χ1n) is 7.12. The maximum atomic E-state index is 9.48. The van der Waals surface area contributed by atoms with Crippen molar-refractivity contribution >= 4 is 0 Å². The van der Waals surface area contributed by atoms with Gasteiger partial charge in [-0.1, -0.05) is 58.3 Å². The van der Waals surface area contributed by atoms with Crippen LogP contribution in [-0.2, 0) is 0 Å². The molecule has 2 nitrogen and oxygen atoms in total. The molecule has 98 valence electrons. The molecule has 16 heavy (non-hydrogen) atoms. The summed E-state index contributed by atoms with van der Waals surface area (Å²) in [5, 5.41) is 9.48. The molecule has 0 bridgehead atoms. The van der Waals surface area contributed by atoms with E-state index >= 15 is 0 Å². The zero-order chi connectivity index (χ0) is 12.3. The third-order valence-electron chi connectivity index (χ3n) is 3.06. The van der Waals surface area contributed by atoms with E-state index in [1.807, 2.05) is 14.1 Å². The Morgan fingerprint density at radius 1 is 0.688 bits per heavy atom. The largest absolute Gasteiger partial charge is 0.217 e. The lowest BCUT2D eigenvalue weighted by Gasteiger charge is -2.18. The molecule has 0 aromatic rings. The van der Waals surface area contributed by atoms with Crippen LogP contribution in [0.1, 0.15) is 71.1 Å². The first kappa shape index (κ1) is 15.9. The minimum absolute atomic E-state index is 0.122. The van der Waals surface area contributed by atoms with Crippen LogP contribution in [0.5, 0.6) is 0 Å². The Balaban J connectivity index is 2.99. The molecule has 0 spiro atoms. The molecule has 0 unspecified atom stereocenters. The monoisotopic (exact) mass is 230 g/mol. The van der Waals surface area contributed by atoms with Crippen LogP contribution in [0.4, 0.5) is 0 Å². The van der Waals surface area contributed by atoms with Crippen molar-refractivity contribution in [2.24, 2.45) is 0 Å². The van der Waals surface area contributed by atoms with Crippen LogP contribution in [0.25, 0.3) is 0 Å². The summed E-state index contributed by atoms with van der Waals surface area (Å²) in [5.74, 6) is 0. The summed E-state index contributed by atoms with van der Waals surface area (Å²) >= 11 is 0. The Bertz CT molecular complexity index is 140. The number of hydrogen-bond acceptors (Lipinski definition) is 1. The highest BCUT2D eigenvalue weighted by atomic mass is 16.5. The van der Waals surface area contributed by atoms with Crippen molar-refractivity contribution in [3.8, 4) is 0 Å². The molecule has 0 saturated carbocycles. The summed E-state index contributed by atoms with van der Waals surface area (Å²) in [7, 11) is 3.68. The van der Waals surface area contributed by atoms with E-state index in [0.29, 0.717) is 0 Å². The molecule has 2 heteroatoms. The SMILES string of the molecule is CCCCCCCCCCCC[N+](C)(C)O. The van der Waals surface area contributed by atoms with Gasteiger partial charge in [0, 0.05) is 0 Å². The predicted octanol–water partition coefficient (Wildman–Crippen LogP) is 4.37. The molecular formula is C14H32NO+. The third kappa shape index (κ3) is 13.9. The van der Waals surface area contributed by atoms with Crippen LogP contribution in [0.2, 0.25) is 0 Å². The van der Waals surface area contributed by atoms with Crippen molar-refractivity contribution in [3.05, 3.63) is 0 Å². The van der Waals surface area contributed by atoms with E-state index in [1.54, 1.807) is 0 Å². The van der Waals surface area contributed by atoms with Crippen molar-refractivity contribution in [1.29, 1.82) is 0 Å². The normalized spacial score (nSPS) is 12.0. The molecule has 0 heterocycles. The topological polar surface area (TPSA) is 20.2 Å². The van der Waals surface area contributed by atoms with Crippen molar-refractivity contribution in [2.45, 2.75) is 71.1 Å². The molecule has 0 aromatic heterocycles. The van der Waals surface area contributed by atoms with Crippen molar-refractivity contribution in [1.82, 2.24) is 0 Å². The van der Waals surface area contributed by atoms with Crippen LogP contribution in [0, 0.1) is 0 Å². The summed E-state index contributed by atoms with van der Waals surface area (Å²) < 4.78 is 0.122. The van der Waals surface area contributed by atoms with Crippen LogP contribution in [0.3, 0.4) is 0 Å². The Hall–Kier alpha value is -0.0800. The number of hydrogen-bond donors (Lipinski definition) is 1. The highest BCUT2D eigenvalue weighted by Gasteiger charge is 2.08. The summed E-state index contributed by atoms with van der Waals surface area (Å²) in [5.41, 5.74) is 0. The summed E-state index contributed by atoms with van der Waals surface area (Å²) in [6.07, 6.45) is 13.6. The van der Waals surface area contributed by atoms with Gasteiger partial charge in [-0.3, -0.25) is 0 Å². The predicted molar refractivity (Wildman–Crippen MR) is 70.6 cm³/mol. The molecule has 0 aromatic carbocycles. The van der Waals surface area contributed by atoms with E-state index in [2.05, 4.69) is 6.92 Å². The van der Waals surface area contributed by atoms with E-state index in [-0.39, 0.29) is 4.65 Å². The molecule has 0 rings (SSSR count). The average Bonchev–Trinajstić information content (AvgIpc) is 2.19. The van der Waals surface area contributed by atoms with Gasteiger partial charge in [0.1, 0.15) is 6.54 Å². The zero-order valence-electron chi connectivity index (χ0n) is 11.7. The number of rotatable bonds is 11. The molecule has 0 aliphatic carbocycles. The van der Waals surface area contributed by atoms with Gasteiger partial charge in [-0.25, -0.2) is 5.21 Å². The average molecular weight is 230 g/mol. The lowest BCUT2D eigenvalue weighted by molar-refractivity contribution is -1.07. The van der Waals surface area contributed by atoms with E-state index in [4.69, 9.17) is 0 Å². The Morgan fingerprint density at radius 2 is 1.06 bits per heavy atom. The second-order valence-corrected chi connectivity index (χ2v) is 5.53. The second-order valence-electron chi connectivity index (χ2n) is 5.53. The molecular weight excluding hydrogens is 198 g/mol. The van der Waals surface area contributed by atoms with Crippen LogP contribution >= 0.6 is 0 Å². The summed E-state index contributed by atoms with van der Waals surface area (Å²) in [4.78, 5) is 0. The molecule has 0 atom stereocenters. The zero-order valence-corrected chi connectivity index (χ0v) is 11.7. The quantitative estimate of drug-likeness (QED) is 0.317. The summed E-state index contributed by atoms with van der Waals surface area (Å²) in [6.45, 7) is 3.15. The lowest BCUT2D eigenvalue weighted by atomic mass is 10.1. The fourth-order valence-electron chi connectivity index (χ4n) is 1.99. The van der Waals surface area contributed by atoms with Gasteiger partial charge < -0.3 is 0 Å². The van der Waals surface area contributed by atoms with Crippen LogP contribution in [-0.4, -0.2) is 30.5 Å². The maximum Gasteiger partial charge on any atom is 0.108 e. The van der Waals surface area contributed by atoms with Gasteiger partial charge in [-0.05, 0) is 12.8 Å². The molecule has 0 aliphatic rings. The molecule has 1 N–H and O–H groups in total. The van der Waals surface area contributed by atoms with E-state index in [1.165, 1.54) is 57.8 Å². The lowest BCUT2D eigenvalue weighted by Crippen LogP contribution is -2.36. The van der Waals surface area contributed by atoms with Gasteiger partial charge in [0.15, 0.2) is 0 Å². The van der Waals surface area contributed by atoms with Crippen LogP contribution in [0.15, 0.2) is 0 Å². The Kier molecular flexibility index (Phi) is 10.0. The second kappa shape index (κ2) is 10.1. The maximum absolute atomic E-state index is 9.48. The number of nitrogens with zero attached hydrogens (tertiary/aromatic N) is 1. The van der Waals surface area contributed by atoms with Crippen molar-refractivity contribution in [3.63, 3.8) is 0 Å². The number of quaternary nitrogens is 1. The van der Waals surface area contributed by atoms with Gasteiger partial charge >= 0.3 is 0 Å². The standard InChI is InChI=1S/C14H32NO/c1-4-5-6-7-8-9-10-11-12-13-14-15(2,3)16/h16H,4-14H2,1-3H3/q+1. The van der Waals surface area contributed by atoms with Crippen LogP contribution < -0.4 is 0 Å². The Morgan fingerprint density at radius 3 is 1.44 bits per heavy atom. The fourth-order valence-corrected chi connectivity index (χ4v) is 1.99. The highest BCUT2D eigenvalue weighted by Crippen LogP contribution is 2.10. The van der Waals surface area contributed by atoms with Gasteiger partial charge in [0.2, 0.25) is 0 Å². The van der Waals surface area contributed by atoms with E-state index in [9.17, 15) is 5.21 Å². The third-order valence-corrected chi connectivity index (χ3v) is 3.06. The fraction of sp³-hybridized carbons (Fsp3) is 1.00. The minimum Gasteiger partial charge on any atom is -0.217 e. The van der Waals surface area contributed by atoms with Gasteiger partial charge in [-0.2, -0.15) is 4.65 Å². The Labute approximate surface area is 102 Å². The number of hydroxylamine groups is 3.